The lowest BCUT2D eigenvalue weighted by atomic mass is 9.99. The van der Waals surface area contributed by atoms with Gasteiger partial charge in [-0.3, -0.25) is 14.5 Å². The van der Waals surface area contributed by atoms with Crippen LogP contribution in [0.2, 0.25) is 0 Å². The molecule has 6 nitrogen and oxygen atoms in total. The Morgan fingerprint density at radius 2 is 1.77 bits per heavy atom. The van der Waals surface area contributed by atoms with E-state index in [4.69, 9.17) is 4.42 Å². The summed E-state index contributed by atoms with van der Waals surface area (Å²) >= 11 is 0. The van der Waals surface area contributed by atoms with Gasteiger partial charge in [-0.1, -0.05) is 45.0 Å². The maximum Gasteiger partial charge on any atom is 0.287 e. The van der Waals surface area contributed by atoms with Crippen LogP contribution in [0.4, 0.5) is 0 Å². The van der Waals surface area contributed by atoms with Crippen LogP contribution in [-0.2, 0) is 17.9 Å². The number of carbonyl (C=O) groups is 2. The summed E-state index contributed by atoms with van der Waals surface area (Å²) in [7, 11) is 0. The van der Waals surface area contributed by atoms with E-state index < -0.39 is 6.04 Å². The Balaban J connectivity index is 1.49. The first kappa shape index (κ1) is 22.1. The van der Waals surface area contributed by atoms with Crippen LogP contribution in [0, 0.1) is 11.8 Å². The van der Waals surface area contributed by atoms with Crippen molar-refractivity contribution in [1.82, 2.24) is 15.5 Å². The second-order valence-electron chi connectivity index (χ2n) is 8.67. The number of hydrogen-bond acceptors (Lipinski definition) is 4. The summed E-state index contributed by atoms with van der Waals surface area (Å²) in [5.74, 6) is 0.415. The fraction of sp³-hybridized carbons (Fsp3) is 0.500. The second-order valence-corrected chi connectivity index (χ2v) is 8.67. The molecule has 0 unspecified atom stereocenters. The van der Waals surface area contributed by atoms with Gasteiger partial charge in [-0.15, -0.1) is 0 Å². The molecule has 3 rings (SSSR count). The molecular formula is C24H33N3O3. The van der Waals surface area contributed by atoms with Crippen LogP contribution in [0.1, 0.15) is 55.3 Å². The van der Waals surface area contributed by atoms with Gasteiger partial charge >= 0.3 is 0 Å². The average molecular weight is 412 g/mol. The summed E-state index contributed by atoms with van der Waals surface area (Å²) in [4.78, 5) is 27.4. The Bertz CT molecular complexity index is 807. The van der Waals surface area contributed by atoms with Crippen LogP contribution < -0.4 is 10.6 Å². The predicted molar refractivity (Wildman–Crippen MR) is 117 cm³/mol. The number of likely N-dealkylation sites (tertiary alicyclic amines) is 1. The number of carbonyl (C=O) groups excluding carboxylic acids is 2. The van der Waals surface area contributed by atoms with Crippen LogP contribution in [0.3, 0.4) is 0 Å². The normalized spacial score (nSPS) is 16.4. The van der Waals surface area contributed by atoms with Crippen molar-refractivity contribution in [2.45, 2.75) is 52.7 Å². The van der Waals surface area contributed by atoms with Gasteiger partial charge in [0.2, 0.25) is 5.91 Å². The van der Waals surface area contributed by atoms with E-state index in [1.165, 1.54) is 37.8 Å². The number of furan rings is 1. The molecule has 162 valence electrons. The van der Waals surface area contributed by atoms with Crippen LogP contribution in [0.5, 0.6) is 0 Å². The lowest BCUT2D eigenvalue weighted by molar-refractivity contribution is -0.124. The van der Waals surface area contributed by atoms with Crippen molar-refractivity contribution in [3.63, 3.8) is 0 Å². The van der Waals surface area contributed by atoms with Crippen LogP contribution in [0.15, 0.2) is 47.1 Å². The maximum atomic E-state index is 12.7. The van der Waals surface area contributed by atoms with Gasteiger partial charge in [0.15, 0.2) is 5.76 Å². The molecule has 0 aliphatic carbocycles. The van der Waals surface area contributed by atoms with E-state index in [0.29, 0.717) is 6.54 Å². The molecule has 2 heterocycles. The van der Waals surface area contributed by atoms with Gasteiger partial charge < -0.3 is 15.1 Å². The number of amides is 2. The van der Waals surface area contributed by atoms with Crippen LogP contribution in [0.25, 0.3) is 0 Å². The highest BCUT2D eigenvalue weighted by Crippen LogP contribution is 2.18. The average Bonchev–Trinajstić information content (AvgIpc) is 3.27. The summed E-state index contributed by atoms with van der Waals surface area (Å²) in [5.41, 5.74) is 2.34. The van der Waals surface area contributed by atoms with Gasteiger partial charge in [-0.05, 0) is 61.0 Å². The molecule has 30 heavy (non-hydrogen) atoms. The van der Waals surface area contributed by atoms with Gasteiger partial charge in [0.1, 0.15) is 6.04 Å². The van der Waals surface area contributed by atoms with Gasteiger partial charge in [-0.2, -0.15) is 0 Å². The van der Waals surface area contributed by atoms with Gasteiger partial charge in [0, 0.05) is 13.1 Å². The van der Waals surface area contributed by atoms with Gasteiger partial charge in [-0.25, -0.2) is 0 Å². The number of piperidine rings is 1. The zero-order valence-electron chi connectivity index (χ0n) is 18.2. The Hall–Kier alpha value is -2.60. The van der Waals surface area contributed by atoms with Crippen molar-refractivity contribution in [3.8, 4) is 0 Å². The smallest absolute Gasteiger partial charge is 0.287 e. The topological polar surface area (TPSA) is 74.6 Å². The largest absolute Gasteiger partial charge is 0.459 e. The Morgan fingerprint density at radius 3 is 2.37 bits per heavy atom. The van der Waals surface area contributed by atoms with E-state index in [1.807, 2.05) is 13.8 Å². The second kappa shape index (κ2) is 10.4. The van der Waals surface area contributed by atoms with Gasteiger partial charge in [0.25, 0.3) is 5.91 Å². The molecule has 2 N–H and O–H groups in total. The predicted octanol–water partition coefficient (Wildman–Crippen LogP) is 3.58. The van der Waals surface area contributed by atoms with Crippen molar-refractivity contribution in [2.75, 3.05) is 13.1 Å². The SMILES string of the molecule is CC1CCN(Cc2ccc(CNC(=O)[C@@H](NC(=O)c3ccco3)C(C)C)cc2)CC1. The fourth-order valence-electron chi connectivity index (χ4n) is 3.70. The molecule has 1 aromatic heterocycles. The van der Waals surface area contributed by atoms with Crippen molar-refractivity contribution in [1.29, 1.82) is 0 Å². The molecule has 1 fully saturated rings. The molecule has 1 aliphatic rings. The molecule has 0 bridgehead atoms. The minimum atomic E-state index is -0.622. The summed E-state index contributed by atoms with van der Waals surface area (Å²) in [6.07, 6.45) is 3.99. The van der Waals surface area contributed by atoms with E-state index in [-0.39, 0.29) is 23.5 Å². The zero-order chi connectivity index (χ0) is 21.5. The molecule has 0 spiro atoms. The third kappa shape index (κ3) is 6.20. The van der Waals surface area contributed by atoms with Crippen molar-refractivity contribution in [2.24, 2.45) is 11.8 Å². The summed E-state index contributed by atoms with van der Waals surface area (Å²) in [5, 5.41) is 5.70. The molecule has 6 heteroatoms. The van der Waals surface area contributed by atoms with Crippen molar-refractivity contribution < 1.29 is 14.0 Å². The molecule has 1 atom stereocenters. The molecule has 2 amide bonds. The third-order valence-corrected chi connectivity index (χ3v) is 5.75. The summed E-state index contributed by atoms with van der Waals surface area (Å²) in [6, 6.07) is 11.0. The van der Waals surface area contributed by atoms with Gasteiger partial charge in [0.05, 0.1) is 6.26 Å². The quantitative estimate of drug-likeness (QED) is 0.696. The maximum absolute atomic E-state index is 12.7. The highest BCUT2D eigenvalue weighted by molar-refractivity contribution is 5.95. The van der Waals surface area contributed by atoms with E-state index in [2.05, 4.69) is 46.7 Å². The first-order valence-corrected chi connectivity index (χ1v) is 10.8. The Morgan fingerprint density at radius 1 is 1.10 bits per heavy atom. The molecule has 0 radical (unpaired) electrons. The lowest BCUT2D eigenvalue weighted by Gasteiger charge is -2.30. The Kier molecular flexibility index (Phi) is 7.69. The molecule has 1 saturated heterocycles. The number of hydrogen-bond donors (Lipinski definition) is 2. The number of rotatable bonds is 8. The molecule has 1 aromatic carbocycles. The zero-order valence-corrected chi connectivity index (χ0v) is 18.2. The number of benzene rings is 1. The molecule has 0 saturated carbocycles. The summed E-state index contributed by atoms with van der Waals surface area (Å²) in [6.45, 7) is 9.88. The highest BCUT2D eigenvalue weighted by Gasteiger charge is 2.25. The first-order chi connectivity index (χ1) is 14.4. The molecule has 1 aliphatic heterocycles. The lowest BCUT2D eigenvalue weighted by Crippen LogP contribution is -2.49. The molecular weight excluding hydrogens is 378 g/mol. The Labute approximate surface area is 179 Å². The standard InChI is InChI=1S/C24H33N3O3/c1-17(2)22(26-23(28)21-5-4-14-30-21)24(29)25-15-19-6-8-20(9-7-19)16-27-12-10-18(3)11-13-27/h4-9,14,17-18,22H,10-13,15-16H2,1-3H3,(H,25,29)(H,26,28)/t22-/m0/s1. The minimum absolute atomic E-state index is 0.0430. The van der Waals surface area contributed by atoms with Crippen molar-refractivity contribution in [3.05, 3.63) is 59.5 Å². The summed E-state index contributed by atoms with van der Waals surface area (Å²) < 4.78 is 5.11. The van der Waals surface area contributed by atoms with E-state index >= 15 is 0 Å². The highest BCUT2D eigenvalue weighted by atomic mass is 16.3. The minimum Gasteiger partial charge on any atom is -0.459 e. The fourth-order valence-corrected chi connectivity index (χ4v) is 3.70. The van der Waals surface area contributed by atoms with E-state index in [1.54, 1.807) is 12.1 Å². The van der Waals surface area contributed by atoms with Crippen LogP contribution in [-0.4, -0.2) is 35.8 Å². The van der Waals surface area contributed by atoms with Crippen molar-refractivity contribution >= 4 is 11.8 Å². The molecule has 2 aromatic rings. The third-order valence-electron chi connectivity index (χ3n) is 5.75. The van der Waals surface area contributed by atoms with E-state index in [0.717, 1.165) is 18.0 Å². The monoisotopic (exact) mass is 411 g/mol. The number of nitrogens with zero attached hydrogens (tertiary/aromatic N) is 1. The van der Waals surface area contributed by atoms with Crippen LogP contribution >= 0.6 is 0 Å². The first-order valence-electron chi connectivity index (χ1n) is 10.8. The van der Waals surface area contributed by atoms with E-state index in [9.17, 15) is 9.59 Å². The number of nitrogens with one attached hydrogen (secondary N) is 2.